The second-order valence-corrected chi connectivity index (χ2v) is 10.1. The minimum Gasteiger partial charge on any atom is -0.497 e. The van der Waals surface area contributed by atoms with Gasteiger partial charge < -0.3 is 19.1 Å². The smallest absolute Gasteiger partial charge is 0.127 e. The lowest BCUT2D eigenvalue weighted by Crippen LogP contribution is -2.47. The molecule has 1 aliphatic rings. The first-order chi connectivity index (χ1) is 19.2. The van der Waals surface area contributed by atoms with Crippen molar-refractivity contribution < 1.29 is 14.2 Å². The average Bonchev–Trinajstić information content (AvgIpc) is 3.00. The topological polar surface area (TPSA) is 47.1 Å². The zero-order valence-corrected chi connectivity index (χ0v) is 23.1. The second-order valence-electron chi connectivity index (χ2n) is 10.1. The number of hydrogen-bond acceptors (Lipinski definition) is 6. The summed E-state index contributed by atoms with van der Waals surface area (Å²) in [4.78, 5) is 9.33. The summed E-state index contributed by atoms with van der Waals surface area (Å²) in [5.74, 6) is 3.08. The lowest BCUT2D eigenvalue weighted by Gasteiger charge is -2.34. The number of hydrogen-bond donors (Lipinski definition) is 0. The molecule has 4 aromatic rings. The summed E-state index contributed by atoms with van der Waals surface area (Å²) in [5, 5.41) is 2.24. The molecule has 0 bridgehead atoms. The van der Waals surface area contributed by atoms with E-state index in [2.05, 4.69) is 69.4 Å². The van der Waals surface area contributed by atoms with Crippen molar-refractivity contribution in [1.82, 2.24) is 14.8 Å². The van der Waals surface area contributed by atoms with Crippen LogP contribution in [0.5, 0.6) is 17.2 Å². The van der Waals surface area contributed by atoms with Gasteiger partial charge in [0.15, 0.2) is 0 Å². The standard InChI is InChI=1S/C33H39N3O3/c1-37-29-12-8-26(9-13-29)31(27-10-14-30(38-2)15-11-27)6-4-18-35-19-21-36(22-20-35)23-24-39-33-7-3-5-28-25-34-17-16-32(28)33/h3,5,7-17,25,31H,4,6,18-24H2,1-2H3. The van der Waals surface area contributed by atoms with Gasteiger partial charge in [0.1, 0.15) is 23.9 Å². The third-order valence-electron chi connectivity index (χ3n) is 7.77. The third kappa shape index (κ3) is 7.08. The molecular weight excluding hydrogens is 486 g/mol. The summed E-state index contributed by atoms with van der Waals surface area (Å²) >= 11 is 0. The molecule has 3 aromatic carbocycles. The number of benzene rings is 3. The van der Waals surface area contributed by atoms with Gasteiger partial charge >= 0.3 is 0 Å². The molecule has 6 heteroatoms. The normalized spacial score (nSPS) is 14.5. The van der Waals surface area contributed by atoms with Crippen molar-refractivity contribution in [2.45, 2.75) is 18.8 Å². The Morgan fingerprint density at radius 2 is 1.36 bits per heavy atom. The van der Waals surface area contributed by atoms with Crippen LogP contribution in [0.3, 0.4) is 0 Å². The first-order valence-electron chi connectivity index (χ1n) is 13.9. The maximum absolute atomic E-state index is 6.15. The van der Waals surface area contributed by atoms with Crippen LogP contribution in [0.25, 0.3) is 10.8 Å². The van der Waals surface area contributed by atoms with Gasteiger partial charge in [-0.15, -0.1) is 0 Å². The van der Waals surface area contributed by atoms with Gasteiger partial charge in [0, 0.05) is 61.8 Å². The van der Waals surface area contributed by atoms with E-state index in [9.17, 15) is 0 Å². The summed E-state index contributed by atoms with van der Waals surface area (Å²) < 4.78 is 16.9. The van der Waals surface area contributed by atoms with E-state index >= 15 is 0 Å². The number of aromatic nitrogens is 1. The Morgan fingerprint density at radius 1 is 0.744 bits per heavy atom. The number of piperazine rings is 1. The molecule has 0 unspecified atom stereocenters. The fourth-order valence-corrected chi connectivity index (χ4v) is 5.46. The Morgan fingerprint density at radius 3 is 1.97 bits per heavy atom. The van der Waals surface area contributed by atoms with Crippen LogP contribution < -0.4 is 14.2 Å². The molecule has 1 fully saturated rings. The van der Waals surface area contributed by atoms with Gasteiger partial charge in [-0.3, -0.25) is 9.88 Å². The van der Waals surface area contributed by atoms with Crippen LogP contribution in [-0.2, 0) is 0 Å². The Kier molecular flexibility index (Phi) is 9.30. The molecule has 0 N–H and O–H groups in total. The van der Waals surface area contributed by atoms with E-state index in [1.54, 1.807) is 14.2 Å². The highest BCUT2D eigenvalue weighted by Gasteiger charge is 2.19. The molecule has 0 amide bonds. The van der Waals surface area contributed by atoms with Crippen LogP contribution in [0.4, 0.5) is 0 Å². The minimum atomic E-state index is 0.352. The van der Waals surface area contributed by atoms with E-state index in [1.165, 1.54) is 11.1 Å². The zero-order chi connectivity index (χ0) is 26.9. The van der Waals surface area contributed by atoms with Crippen molar-refractivity contribution in [3.63, 3.8) is 0 Å². The van der Waals surface area contributed by atoms with Crippen LogP contribution >= 0.6 is 0 Å². The highest BCUT2D eigenvalue weighted by Crippen LogP contribution is 2.32. The van der Waals surface area contributed by atoms with E-state index in [0.29, 0.717) is 12.5 Å². The third-order valence-corrected chi connectivity index (χ3v) is 7.77. The maximum Gasteiger partial charge on any atom is 0.127 e. The van der Waals surface area contributed by atoms with Crippen molar-refractivity contribution in [3.8, 4) is 17.2 Å². The molecule has 204 valence electrons. The lowest BCUT2D eigenvalue weighted by molar-refractivity contribution is 0.116. The number of rotatable bonds is 12. The summed E-state index contributed by atoms with van der Waals surface area (Å²) in [6, 6.07) is 25.2. The van der Waals surface area contributed by atoms with Gasteiger partial charge in [-0.2, -0.15) is 0 Å². The van der Waals surface area contributed by atoms with Crippen LogP contribution in [0.1, 0.15) is 29.9 Å². The van der Waals surface area contributed by atoms with Gasteiger partial charge in [-0.05, 0) is 66.9 Å². The Hall–Kier alpha value is -3.61. The van der Waals surface area contributed by atoms with Gasteiger partial charge in [0.05, 0.1) is 14.2 Å². The lowest BCUT2D eigenvalue weighted by atomic mass is 9.87. The fraction of sp³-hybridized carbons (Fsp3) is 0.364. The molecule has 1 aromatic heterocycles. The van der Waals surface area contributed by atoms with E-state index in [-0.39, 0.29) is 0 Å². The predicted octanol–water partition coefficient (Wildman–Crippen LogP) is 5.86. The second kappa shape index (κ2) is 13.5. The number of methoxy groups -OCH3 is 2. The first kappa shape index (κ1) is 27.0. The molecule has 6 nitrogen and oxygen atoms in total. The van der Waals surface area contributed by atoms with Crippen LogP contribution in [-0.4, -0.2) is 74.9 Å². The quantitative estimate of drug-likeness (QED) is 0.231. The highest BCUT2D eigenvalue weighted by molar-refractivity contribution is 5.87. The molecule has 5 rings (SSSR count). The Balaban J connectivity index is 1.09. The van der Waals surface area contributed by atoms with Crippen LogP contribution in [0.2, 0.25) is 0 Å². The highest BCUT2D eigenvalue weighted by atomic mass is 16.5. The van der Waals surface area contributed by atoms with E-state index in [1.807, 2.05) is 30.6 Å². The van der Waals surface area contributed by atoms with Gasteiger partial charge in [-0.1, -0.05) is 36.4 Å². The van der Waals surface area contributed by atoms with Gasteiger partial charge in [-0.25, -0.2) is 0 Å². The number of fused-ring (bicyclic) bond motifs is 1. The van der Waals surface area contributed by atoms with Gasteiger partial charge in [0.2, 0.25) is 0 Å². The predicted molar refractivity (Wildman–Crippen MR) is 157 cm³/mol. The molecule has 0 radical (unpaired) electrons. The molecule has 1 aliphatic heterocycles. The molecular formula is C33H39N3O3. The molecule has 0 saturated carbocycles. The molecule has 0 spiro atoms. The van der Waals surface area contributed by atoms with Crippen LogP contribution in [0.15, 0.2) is 85.2 Å². The Bertz CT molecular complexity index is 1250. The van der Waals surface area contributed by atoms with E-state index in [0.717, 1.165) is 80.1 Å². The van der Waals surface area contributed by atoms with E-state index in [4.69, 9.17) is 14.2 Å². The fourth-order valence-electron chi connectivity index (χ4n) is 5.46. The SMILES string of the molecule is COc1ccc(C(CCCN2CCN(CCOc3cccc4cnccc34)CC2)c2ccc(OC)cc2)cc1. The summed E-state index contributed by atoms with van der Waals surface area (Å²) in [6.07, 6.45) is 5.97. The molecule has 0 aliphatic carbocycles. The first-order valence-corrected chi connectivity index (χ1v) is 13.9. The maximum atomic E-state index is 6.15. The average molecular weight is 526 g/mol. The van der Waals surface area contributed by atoms with Gasteiger partial charge in [0.25, 0.3) is 0 Å². The largest absolute Gasteiger partial charge is 0.497 e. The van der Waals surface area contributed by atoms with Crippen LogP contribution in [0, 0.1) is 0 Å². The summed E-state index contributed by atoms with van der Waals surface area (Å²) in [6.45, 7) is 7.16. The summed E-state index contributed by atoms with van der Waals surface area (Å²) in [7, 11) is 3.43. The van der Waals surface area contributed by atoms with E-state index < -0.39 is 0 Å². The Labute approximate surface area is 232 Å². The molecule has 1 saturated heterocycles. The van der Waals surface area contributed by atoms with Crippen molar-refractivity contribution in [2.75, 3.05) is 60.1 Å². The van der Waals surface area contributed by atoms with Crippen molar-refractivity contribution >= 4 is 10.8 Å². The van der Waals surface area contributed by atoms with Crippen molar-refractivity contribution in [2.24, 2.45) is 0 Å². The number of nitrogens with zero attached hydrogens (tertiary/aromatic N) is 3. The molecule has 39 heavy (non-hydrogen) atoms. The zero-order valence-electron chi connectivity index (χ0n) is 23.1. The number of ether oxygens (including phenoxy) is 3. The molecule has 2 heterocycles. The molecule has 0 atom stereocenters. The summed E-state index contributed by atoms with van der Waals surface area (Å²) in [5.41, 5.74) is 2.65. The van der Waals surface area contributed by atoms with Crippen molar-refractivity contribution in [1.29, 1.82) is 0 Å². The van der Waals surface area contributed by atoms with Crippen molar-refractivity contribution in [3.05, 3.63) is 96.3 Å². The monoisotopic (exact) mass is 525 g/mol. The minimum absolute atomic E-state index is 0.352. The number of pyridine rings is 1.